The second-order valence-corrected chi connectivity index (χ2v) is 4.60. The number of hydrogen-bond donors (Lipinski definition) is 1. The first kappa shape index (κ1) is 12.5. The summed E-state index contributed by atoms with van der Waals surface area (Å²) in [5, 5.41) is 0. The monoisotopic (exact) mass is 333 g/mol. The molecule has 2 N–H and O–H groups in total. The molecule has 100 valence electrons. The van der Waals surface area contributed by atoms with E-state index in [-0.39, 0.29) is 12.0 Å². The molecule has 0 spiro atoms. The zero-order chi connectivity index (χ0) is 13.9. The molecule has 0 saturated heterocycles. The quantitative estimate of drug-likeness (QED) is 0.775. The molecule has 0 aliphatic carbocycles. The summed E-state index contributed by atoms with van der Waals surface area (Å²) in [5.74, 6) is 0.871. The van der Waals surface area contributed by atoms with Crippen molar-refractivity contribution in [2.75, 3.05) is 5.73 Å². The lowest BCUT2D eigenvalue weighted by molar-refractivity contribution is 0.437. The number of imidazole rings is 1. The van der Waals surface area contributed by atoms with E-state index in [9.17, 15) is 0 Å². The van der Waals surface area contributed by atoms with Crippen LogP contribution in [0.15, 0.2) is 41.7 Å². The van der Waals surface area contributed by atoms with E-state index in [0.717, 1.165) is 4.47 Å². The summed E-state index contributed by atoms with van der Waals surface area (Å²) < 4.78 is 7.90. The van der Waals surface area contributed by atoms with Gasteiger partial charge >= 0.3 is 6.01 Å². The Labute approximate surface area is 121 Å². The summed E-state index contributed by atoms with van der Waals surface area (Å²) >= 11 is 3.30. The van der Waals surface area contributed by atoms with Crippen molar-refractivity contribution in [2.24, 2.45) is 0 Å². The Morgan fingerprint density at radius 2 is 2.05 bits per heavy atom. The van der Waals surface area contributed by atoms with Crippen LogP contribution in [0.25, 0.3) is 5.95 Å². The average molecular weight is 334 g/mol. The van der Waals surface area contributed by atoms with E-state index in [1.807, 2.05) is 0 Å². The highest BCUT2D eigenvalue weighted by atomic mass is 79.9. The van der Waals surface area contributed by atoms with E-state index < -0.39 is 0 Å². The first-order valence-electron chi connectivity index (χ1n) is 5.49. The van der Waals surface area contributed by atoms with Crippen LogP contribution in [0.2, 0.25) is 0 Å². The number of ether oxygens (including phenoxy) is 1. The fraction of sp³-hybridized carbons (Fsp3) is 0. The lowest BCUT2D eigenvalue weighted by Gasteiger charge is -2.06. The molecule has 3 aromatic rings. The van der Waals surface area contributed by atoms with Gasteiger partial charge in [-0.05, 0) is 22.0 Å². The molecule has 0 radical (unpaired) electrons. The molecule has 0 saturated carbocycles. The Kier molecular flexibility index (Phi) is 3.25. The maximum atomic E-state index is 5.65. The second-order valence-electron chi connectivity index (χ2n) is 3.69. The molecule has 0 aromatic carbocycles. The van der Waals surface area contributed by atoms with Crippen LogP contribution in [-0.4, -0.2) is 29.5 Å². The molecule has 0 fully saturated rings. The first-order valence-corrected chi connectivity index (χ1v) is 6.28. The first-order chi connectivity index (χ1) is 9.70. The molecular formula is C11H8BrN7O. The normalized spacial score (nSPS) is 10.4. The van der Waals surface area contributed by atoms with Crippen LogP contribution < -0.4 is 10.5 Å². The van der Waals surface area contributed by atoms with Crippen molar-refractivity contribution in [3.63, 3.8) is 0 Å². The highest BCUT2D eigenvalue weighted by Crippen LogP contribution is 2.21. The Balaban J connectivity index is 1.94. The van der Waals surface area contributed by atoms with Crippen molar-refractivity contribution in [3.05, 3.63) is 41.7 Å². The van der Waals surface area contributed by atoms with Crippen LogP contribution in [-0.2, 0) is 0 Å². The van der Waals surface area contributed by atoms with Gasteiger partial charge in [-0.2, -0.15) is 15.0 Å². The Hall–Kier alpha value is -2.55. The molecule has 0 atom stereocenters. The van der Waals surface area contributed by atoms with E-state index >= 15 is 0 Å². The third-order valence-corrected chi connectivity index (χ3v) is 2.68. The largest absolute Gasteiger partial charge is 0.422 e. The number of nitrogen functional groups attached to an aromatic ring is 1. The molecule has 20 heavy (non-hydrogen) atoms. The summed E-state index contributed by atoms with van der Waals surface area (Å²) in [6.07, 6.45) is 8.05. The Morgan fingerprint density at radius 3 is 2.80 bits per heavy atom. The highest BCUT2D eigenvalue weighted by Gasteiger charge is 2.08. The minimum Gasteiger partial charge on any atom is -0.422 e. The van der Waals surface area contributed by atoms with Crippen LogP contribution in [0.5, 0.6) is 11.8 Å². The van der Waals surface area contributed by atoms with Gasteiger partial charge in [0, 0.05) is 23.1 Å². The Bertz CT molecular complexity index is 731. The molecule has 9 heteroatoms. The predicted molar refractivity (Wildman–Crippen MR) is 73.4 cm³/mol. The van der Waals surface area contributed by atoms with Crippen LogP contribution >= 0.6 is 15.9 Å². The third kappa shape index (κ3) is 2.72. The number of halogens is 1. The number of nitrogens with two attached hydrogens (primary N) is 1. The van der Waals surface area contributed by atoms with Crippen molar-refractivity contribution in [1.29, 1.82) is 0 Å². The van der Waals surface area contributed by atoms with Crippen molar-refractivity contribution in [1.82, 2.24) is 29.5 Å². The molecule has 0 amide bonds. The number of aromatic nitrogens is 6. The maximum Gasteiger partial charge on any atom is 0.328 e. The number of anilines is 1. The van der Waals surface area contributed by atoms with Crippen molar-refractivity contribution in [3.8, 4) is 17.7 Å². The molecule has 3 aromatic heterocycles. The van der Waals surface area contributed by atoms with Crippen LogP contribution in [0, 0.1) is 0 Å². The van der Waals surface area contributed by atoms with Gasteiger partial charge in [-0.15, -0.1) is 0 Å². The molecular weight excluding hydrogens is 326 g/mol. The predicted octanol–water partition coefficient (Wildman–Crippen LogP) is 1.59. The third-order valence-electron chi connectivity index (χ3n) is 2.24. The molecule has 3 rings (SSSR count). The van der Waals surface area contributed by atoms with Crippen molar-refractivity contribution >= 4 is 21.9 Å². The van der Waals surface area contributed by atoms with Gasteiger partial charge in [0.2, 0.25) is 11.9 Å². The molecule has 8 nitrogen and oxygen atoms in total. The van der Waals surface area contributed by atoms with Gasteiger partial charge in [-0.3, -0.25) is 9.55 Å². The summed E-state index contributed by atoms with van der Waals surface area (Å²) in [4.78, 5) is 20.0. The van der Waals surface area contributed by atoms with Gasteiger partial charge < -0.3 is 10.5 Å². The van der Waals surface area contributed by atoms with Gasteiger partial charge in [-0.1, -0.05) is 0 Å². The fourth-order valence-electron chi connectivity index (χ4n) is 1.45. The minimum absolute atomic E-state index is 0.0571. The fourth-order valence-corrected chi connectivity index (χ4v) is 1.80. The van der Waals surface area contributed by atoms with E-state index in [2.05, 4.69) is 40.8 Å². The molecule has 0 bridgehead atoms. The lowest BCUT2D eigenvalue weighted by Crippen LogP contribution is -2.06. The van der Waals surface area contributed by atoms with Crippen LogP contribution in [0.4, 0.5) is 5.95 Å². The number of hydrogen-bond acceptors (Lipinski definition) is 7. The summed E-state index contributed by atoms with van der Waals surface area (Å²) in [6.45, 7) is 0. The van der Waals surface area contributed by atoms with Gasteiger partial charge in [0.25, 0.3) is 0 Å². The van der Waals surface area contributed by atoms with Gasteiger partial charge in [0.1, 0.15) is 6.33 Å². The van der Waals surface area contributed by atoms with Gasteiger partial charge in [0.15, 0.2) is 5.75 Å². The smallest absolute Gasteiger partial charge is 0.328 e. The van der Waals surface area contributed by atoms with Crippen molar-refractivity contribution < 1.29 is 4.74 Å². The van der Waals surface area contributed by atoms with E-state index in [0.29, 0.717) is 11.7 Å². The van der Waals surface area contributed by atoms with Gasteiger partial charge in [-0.25, -0.2) is 4.98 Å². The lowest BCUT2D eigenvalue weighted by atomic mass is 10.5. The zero-order valence-corrected chi connectivity index (χ0v) is 11.6. The number of pyridine rings is 1. The topological polar surface area (TPSA) is 105 Å². The summed E-state index contributed by atoms with van der Waals surface area (Å²) in [5.41, 5.74) is 5.65. The molecule has 3 heterocycles. The number of nitrogens with zero attached hydrogens (tertiary/aromatic N) is 6. The average Bonchev–Trinajstić information content (AvgIpc) is 2.91. The van der Waals surface area contributed by atoms with Crippen LogP contribution in [0.3, 0.4) is 0 Å². The minimum atomic E-state index is 0.0571. The number of rotatable bonds is 3. The standard InChI is InChI=1S/C11H8BrN7O/c12-7-3-8(5-15-4-7)20-11-17-9(13)16-10(18-11)19-2-1-14-6-19/h1-6H,(H2,13,16,17,18). The summed E-state index contributed by atoms with van der Waals surface area (Å²) in [6, 6.07) is 1.82. The Morgan fingerprint density at radius 1 is 1.15 bits per heavy atom. The van der Waals surface area contributed by atoms with Crippen molar-refractivity contribution in [2.45, 2.75) is 0 Å². The molecule has 0 aliphatic rings. The zero-order valence-electron chi connectivity index (χ0n) is 10.0. The maximum absolute atomic E-state index is 5.65. The van der Waals surface area contributed by atoms with E-state index in [1.54, 1.807) is 41.7 Å². The highest BCUT2D eigenvalue weighted by molar-refractivity contribution is 9.10. The SMILES string of the molecule is Nc1nc(Oc2cncc(Br)c2)nc(-n2ccnc2)n1. The second kappa shape index (κ2) is 5.21. The van der Waals surface area contributed by atoms with Crippen LogP contribution in [0.1, 0.15) is 0 Å². The summed E-state index contributed by atoms with van der Waals surface area (Å²) in [7, 11) is 0. The molecule has 0 unspecified atom stereocenters. The molecule has 0 aliphatic heterocycles. The van der Waals surface area contributed by atoms with E-state index in [4.69, 9.17) is 10.5 Å². The van der Waals surface area contributed by atoms with E-state index in [1.165, 1.54) is 0 Å². The van der Waals surface area contributed by atoms with Gasteiger partial charge in [0.05, 0.1) is 6.20 Å².